The van der Waals surface area contributed by atoms with Crippen molar-refractivity contribution in [2.24, 2.45) is 0 Å². The van der Waals surface area contributed by atoms with E-state index in [-0.39, 0.29) is 35.9 Å². The van der Waals surface area contributed by atoms with Crippen LogP contribution in [0.1, 0.15) is 81.2 Å². The molecule has 1 saturated heterocycles. The first-order valence-corrected chi connectivity index (χ1v) is 14.1. The van der Waals surface area contributed by atoms with Crippen LogP contribution in [0.15, 0.2) is 29.6 Å². The third kappa shape index (κ3) is 5.46. The van der Waals surface area contributed by atoms with E-state index >= 15 is 0 Å². The van der Waals surface area contributed by atoms with Gasteiger partial charge in [0.25, 0.3) is 5.91 Å². The van der Waals surface area contributed by atoms with E-state index in [1.165, 1.54) is 29.4 Å². The van der Waals surface area contributed by atoms with Crippen molar-refractivity contribution in [1.29, 1.82) is 0 Å². The summed E-state index contributed by atoms with van der Waals surface area (Å²) in [7, 11) is 1.85. The number of carbonyl (C=O) groups excluding carboxylic acids is 2. The van der Waals surface area contributed by atoms with Crippen LogP contribution in [0.3, 0.4) is 0 Å². The maximum Gasteiger partial charge on any atom is 0.435 e. The van der Waals surface area contributed by atoms with Gasteiger partial charge in [-0.2, -0.15) is 18.3 Å². The average molecular weight is 560 g/mol. The molecule has 0 saturated carbocycles. The van der Waals surface area contributed by atoms with Crippen molar-refractivity contribution in [3.63, 3.8) is 0 Å². The van der Waals surface area contributed by atoms with Crippen molar-refractivity contribution in [2.45, 2.75) is 70.6 Å². The number of fused-ring (bicyclic) bond motifs is 1. The van der Waals surface area contributed by atoms with E-state index in [9.17, 15) is 22.8 Å². The third-order valence-corrected chi connectivity index (χ3v) is 9.13. The number of aromatic nitrogens is 3. The van der Waals surface area contributed by atoms with Gasteiger partial charge in [-0.25, -0.2) is 4.98 Å². The van der Waals surface area contributed by atoms with Crippen LogP contribution < -0.4 is 0 Å². The van der Waals surface area contributed by atoms with Crippen LogP contribution >= 0.6 is 11.3 Å². The quantitative estimate of drug-likeness (QED) is 0.412. The summed E-state index contributed by atoms with van der Waals surface area (Å²) in [6.07, 6.45) is -0.176. The number of amides is 2. The molecule has 0 unspecified atom stereocenters. The maximum atomic E-state index is 13.3. The zero-order valence-electron chi connectivity index (χ0n) is 22.3. The van der Waals surface area contributed by atoms with Gasteiger partial charge in [-0.3, -0.25) is 14.3 Å². The lowest BCUT2D eigenvalue weighted by molar-refractivity contribution is -0.142. The molecule has 0 N–H and O–H groups in total. The van der Waals surface area contributed by atoms with E-state index in [2.05, 4.69) is 17.2 Å². The minimum atomic E-state index is -4.55. The summed E-state index contributed by atoms with van der Waals surface area (Å²) in [5.74, 6) is -0.209. The van der Waals surface area contributed by atoms with Gasteiger partial charge in [-0.1, -0.05) is 24.3 Å². The molecule has 1 fully saturated rings. The fourth-order valence-electron chi connectivity index (χ4n) is 5.69. The van der Waals surface area contributed by atoms with Crippen molar-refractivity contribution in [1.82, 2.24) is 24.6 Å². The van der Waals surface area contributed by atoms with Crippen LogP contribution in [0.4, 0.5) is 13.2 Å². The average Bonchev–Trinajstić information content (AvgIpc) is 3.53. The van der Waals surface area contributed by atoms with Crippen LogP contribution in [-0.2, 0) is 23.9 Å². The van der Waals surface area contributed by atoms with E-state index in [4.69, 9.17) is 4.98 Å². The third-order valence-electron chi connectivity index (χ3n) is 8.12. The molecule has 2 aromatic heterocycles. The number of benzene rings is 1. The Morgan fingerprint density at radius 1 is 1.13 bits per heavy atom. The van der Waals surface area contributed by atoms with Gasteiger partial charge in [0.05, 0.1) is 11.0 Å². The first-order valence-electron chi connectivity index (χ1n) is 13.2. The molecule has 11 heteroatoms. The Bertz CT molecular complexity index is 1370. The summed E-state index contributed by atoms with van der Waals surface area (Å²) in [5, 5.41) is 6.36. The van der Waals surface area contributed by atoms with E-state index in [1.807, 2.05) is 24.6 Å². The minimum Gasteiger partial charge on any atom is -0.341 e. The molecule has 208 valence electrons. The molecule has 1 aromatic carbocycles. The SMILES string of the molecule is Cc1c(C(F)(F)F)nn(CC(=O)N2CCC(c3nc(C(=O)N(C)[C@@H]4CCCc5ccccc54)cs3)CC2)c1C. The molecule has 1 atom stereocenters. The Morgan fingerprint density at radius 2 is 1.85 bits per heavy atom. The molecule has 0 radical (unpaired) electrons. The second-order valence-corrected chi connectivity index (χ2v) is 11.4. The van der Waals surface area contributed by atoms with Crippen LogP contribution in [-0.4, -0.2) is 56.5 Å². The largest absolute Gasteiger partial charge is 0.435 e. The Labute approximate surface area is 229 Å². The summed E-state index contributed by atoms with van der Waals surface area (Å²) in [6.45, 7) is 3.66. The highest BCUT2D eigenvalue weighted by molar-refractivity contribution is 7.09. The van der Waals surface area contributed by atoms with Gasteiger partial charge in [-0.05, 0) is 57.1 Å². The van der Waals surface area contributed by atoms with E-state index in [0.717, 1.165) is 29.0 Å². The van der Waals surface area contributed by atoms with Crippen molar-refractivity contribution in [3.05, 3.63) is 68.4 Å². The number of alkyl halides is 3. The molecule has 39 heavy (non-hydrogen) atoms. The molecule has 2 aliphatic rings. The number of hydrogen-bond acceptors (Lipinski definition) is 5. The standard InChI is InChI=1S/C28H32F3N5O2S/c1-17-18(2)36(33-25(17)28(29,30)31)15-24(37)35-13-11-20(12-14-35)26-32-22(16-39-26)27(38)34(3)23-10-6-8-19-7-4-5-9-21(19)23/h4-5,7,9,16,20,23H,6,8,10-15H2,1-3H3/t23-/m1/s1. The molecular formula is C28H32F3N5O2S. The lowest BCUT2D eigenvalue weighted by atomic mass is 9.87. The maximum absolute atomic E-state index is 13.3. The highest BCUT2D eigenvalue weighted by Crippen LogP contribution is 2.36. The molecule has 1 aliphatic carbocycles. The fourth-order valence-corrected chi connectivity index (χ4v) is 6.65. The second-order valence-electron chi connectivity index (χ2n) is 10.5. The number of aryl methyl sites for hydroxylation is 1. The summed E-state index contributed by atoms with van der Waals surface area (Å²) < 4.78 is 40.7. The molecular weight excluding hydrogens is 527 g/mol. The monoisotopic (exact) mass is 559 g/mol. The van der Waals surface area contributed by atoms with Gasteiger partial charge < -0.3 is 9.80 Å². The number of nitrogens with zero attached hydrogens (tertiary/aromatic N) is 5. The lowest BCUT2D eigenvalue weighted by Crippen LogP contribution is -2.40. The van der Waals surface area contributed by atoms with E-state index in [0.29, 0.717) is 37.3 Å². The van der Waals surface area contributed by atoms with Gasteiger partial charge in [0, 0.05) is 42.7 Å². The van der Waals surface area contributed by atoms with Gasteiger partial charge in [0.2, 0.25) is 5.91 Å². The van der Waals surface area contributed by atoms with E-state index < -0.39 is 11.9 Å². The molecule has 3 heterocycles. The smallest absolute Gasteiger partial charge is 0.341 e. The molecule has 3 aromatic rings. The number of piperidine rings is 1. The summed E-state index contributed by atoms with van der Waals surface area (Å²) in [5.41, 5.74) is 2.39. The number of thiazole rings is 1. The van der Waals surface area contributed by atoms with Crippen LogP contribution in [0.5, 0.6) is 0 Å². The van der Waals surface area contributed by atoms with Gasteiger partial charge >= 0.3 is 6.18 Å². The number of likely N-dealkylation sites (tertiary alicyclic amines) is 1. The Morgan fingerprint density at radius 3 is 2.54 bits per heavy atom. The molecule has 7 nitrogen and oxygen atoms in total. The topological polar surface area (TPSA) is 71.3 Å². The van der Waals surface area contributed by atoms with Crippen LogP contribution in [0.2, 0.25) is 0 Å². The zero-order valence-corrected chi connectivity index (χ0v) is 23.1. The van der Waals surface area contributed by atoms with Gasteiger partial charge in [0.1, 0.15) is 12.2 Å². The highest BCUT2D eigenvalue weighted by Gasteiger charge is 2.37. The van der Waals surface area contributed by atoms with Gasteiger partial charge in [0.15, 0.2) is 5.69 Å². The van der Waals surface area contributed by atoms with Crippen molar-refractivity contribution in [3.8, 4) is 0 Å². The normalized spacial score (nSPS) is 18.2. The number of halogens is 3. The summed E-state index contributed by atoms with van der Waals surface area (Å²) in [6, 6.07) is 8.34. The van der Waals surface area contributed by atoms with E-state index in [1.54, 1.807) is 16.7 Å². The first kappa shape index (κ1) is 27.4. The van der Waals surface area contributed by atoms with Crippen LogP contribution in [0, 0.1) is 13.8 Å². The molecule has 5 rings (SSSR count). The Kier molecular flexibility index (Phi) is 7.54. The second kappa shape index (κ2) is 10.7. The lowest BCUT2D eigenvalue weighted by Gasteiger charge is -2.33. The highest BCUT2D eigenvalue weighted by atomic mass is 32.1. The molecule has 1 aliphatic heterocycles. The Hall–Kier alpha value is -3.21. The predicted molar refractivity (Wildman–Crippen MR) is 142 cm³/mol. The zero-order chi connectivity index (χ0) is 27.9. The molecule has 0 spiro atoms. The van der Waals surface area contributed by atoms with Gasteiger partial charge in [-0.15, -0.1) is 11.3 Å². The number of carbonyl (C=O) groups is 2. The van der Waals surface area contributed by atoms with Crippen LogP contribution in [0.25, 0.3) is 0 Å². The first-order chi connectivity index (χ1) is 18.5. The predicted octanol–water partition coefficient (Wildman–Crippen LogP) is 5.53. The van der Waals surface area contributed by atoms with Crippen molar-refractivity contribution < 1.29 is 22.8 Å². The number of rotatable bonds is 5. The fraction of sp³-hybridized carbons (Fsp3) is 0.500. The van der Waals surface area contributed by atoms with Crippen molar-refractivity contribution in [2.75, 3.05) is 20.1 Å². The van der Waals surface area contributed by atoms with Crippen molar-refractivity contribution >= 4 is 23.2 Å². The molecule has 2 amide bonds. The minimum absolute atomic E-state index is 0.0382. The Balaban J connectivity index is 1.19. The number of hydrogen-bond donors (Lipinski definition) is 0. The summed E-state index contributed by atoms with van der Waals surface area (Å²) >= 11 is 1.47. The summed E-state index contributed by atoms with van der Waals surface area (Å²) in [4.78, 5) is 34.4. The molecule has 0 bridgehead atoms.